The van der Waals surface area contributed by atoms with Crippen molar-refractivity contribution in [1.82, 2.24) is 0 Å². The van der Waals surface area contributed by atoms with Gasteiger partial charge in [0.2, 0.25) is 0 Å². The summed E-state index contributed by atoms with van der Waals surface area (Å²) in [7, 11) is 0. The van der Waals surface area contributed by atoms with Crippen molar-refractivity contribution in [3.8, 4) is 0 Å². The zero-order chi connectivity index (χ0) is 7.94. The molecule has 0 saturated carbocycles. The smallest absolute Gasteiger partial charge is 0.0106 e. The first-order valence-electron chi connectivity index (χ1n) is 3.79. The van der Waals surface area contributed by atoms with Gasteiger partial charge in [0.25, 0.3) is 0 Å². The Morgan fingerprint density at radius 1 is 1.45 bits per heavy atom. The summed E-state index contributed by atoms with van der Waals surface area (Å²) in [6, 6.07) is 2.17. The van der Waals surface area contributed by atoms with Crippen LogP contribution < -0.4 is 5.73 Å². The van der Waals surface area contributed by atoms with Gasteiger partial charge in [-0.25, -0.2) is 0 Å². The largest absolute Gasteiger partial charge is 0.327 e. The second kappa shape index (κ2) is 5.10. The van der Waals surface area contributed by atoms with Crippen LogP contribution in [0.1, 0.15) is 12.0 Å². The highest BCUT2D eigenvalue weighted by molar-refractivity contribution is 7.07. The molecule has 0 aliphatic carbocycles. The van der Waals surface area contributed by atoms with Crippen molar-refractivity contribution < 1.29 is 0 Å². The molecule has 1 rings (SSSR count). The maximum Gasteiger partial charge on any atom is 0.0106 e. The van der Waals surface area contributed by atoms with Crippen LogP contribution in [0.25, 0.3) is 0 Å². The molecule has 0 radical (unpaired) electrons. The highest BCUT2D eigenvalue weighted by atomic mass is 32.1. The van der Waals surface area contributed by atoms with Crippen molar-refractivity contribution in [1.29, 1.82) is 0 Å². The van der Waals surface area contributed by atoms with Gasteiger partial charge in [-0.2, -0.15) is 11.3 Å². The van der Waals surface area contributed by atoms with Crippen LogP contribution in [0.15, 0.2) is 29.0 Å². The van der Waals surface area contributed by atoms with Gasteiger partial charge >= 0.3 is 0 Å². The molecular formula is C9H13NS. The van der Waals surface area contributed by atoms with Gasteiger partial charge in [0.05, 0.1) is 0 Å². The second-order valence-electron chi connectivity index (χ2n) is 2.38. The molecule has 0 aliphatic heterocycles. The highest BCUT2D eigenvalue weighted by Gasteiger charge is 1.88. The molecule has 0 aromatic carbocycles. The van der Waals surface area contributed by atoms with E-state index in [9.17, 15) is 0 Å². The summed E-state index contributed by atoms with van der Waals surface area (Å²) >= 11 is 1.75. The summed E-state index contributed by atoms with van der Waals surface area (Å²) in [5.74, 6) is 0. The number of allylic oxidation sites excluding steroid dienone is 1. The fourth-order valence-corrected chi connectivity index (χ4v) is 1.60. The van der Waals surface area contributed by atoms with E-state index in [-0.39, 0.29) is 0 Å². The van der Waals surface area contributed by atoms with Crippen molar-refractivity contribution in [3.05, 3.63) is 34.5 Å². The number of hydrogen-bond donors (Lipinski definition) is 1. The highest BCUT2D eigenvalue weighted by Crippen LogP contribution is 2.08. The molecule has 11 heavy (non-hydrogen) atoms. The van der Waals surface area contributed by atoms with E-state index in [1.54, 1.807) is 11.3 Å². The number of aryl methyl sites for hydroxylation is 1. The molecule has 0 bridgehead atoms. The van der Waals surface area contributed by atoms with Gasteiger partial charge in [0.15, 0.2) is 0 Å². The Balaban J connectivity index is 2.19. The number of rotatable bonds is 4. The molecule has 0 spiro atoms. The minimum absolute atomic E-state index is 0.656. The quantitative estimate of drug-likeness (QED) is 0.683. The van der Waals surface area contributed by atoms with Gasteiger partial charge in [0.1, 0.15) is 0 Å². The molecular weight excluding hydrogens is 154 g/mol. The molecule has 2 N–H and O–H groups in total. The predicted molar refractivity (Wildman–Crippen MR) is 50.8 cm³/mol. The minimum Gasteiger partial charge on any atom is -0.327 e. The zero-order valence-electron chi connectivity index (χ0n) is 6.49. The summed E-state index contributed by atoms with van der Waals surface area (Å²) < 4.78 is 0. The standard InChI is InChI=1S/C9H13NS/c10-6-3-1-2-4-9-5-7-11-8-9/h1,3,5,7-8H,2,4,6,10H2/b3-1+. The third-order valence-corrected chi connectivity index (χ3v) is 2.21. The number of hydrogen-bond acceptors (Lipinski definition) is 2. The van der Waals surface area contributed by atoms with Crippen molar-refractivity contribution in [2.75, 3.05) is 6.54 Å². The first kappa shape index (κ1) is 8.50. The van der Waals surface area contributed by atoms with E-state index in [1.165, 1.54) is 5.56 Å². The first-order valence-corrected chi connectivity index (χ1v) is 4.74. The molecule has 60 valence electrons. The van der Waals surface area contributed by atoms with Crippen molar-refractivity contribution in [2.45, 2.75) is 12.8 Å². The van der Waals surface area contributed by atoms with E-state index in [2.05, 4.69) is 22.9 Å². The molecule has 0 fully saturated rings. The molecule has 1 aromatic heterocycles. The third kappa shape index (κ3) is 3.35. The van der Waals surface area contributed by atoms with Crippen molar-refractivity contribution in [3.63, 3.8) is 0 Å². The minimum atomic E-state index is 0.656. The third-order valence-electron chi connectivity index (χ3n) is 1.48. The Bertz CT molecular complexity index is 201. The van der Waals surface area contributed by atoms with E-state index < -0.39 is 0 Å². The molecule has 0 atom stereocenters. The van der Waals surface area contributed by atoms with E-state index in [0.717, 1.165) is 12.8 Å². The summed E-state index contributed by atoms with van der Waals surface area (Å²) in [6.45, 7) is 0.656. The molecule has 1 heterocycles. The lowest BCUT2D eigenvalue weighted by Crippen LogP contribution is -1.92. The summed E-state index contributed by atoms with van der Waals surface area (Å²) in [6.07, 6.45) is 6.39. The molecule has 0 aliphatic rings. The van der Waals surface area contributed by atoms with Crippen LogP contribution in [0.2, 0.25) is 0 Å². The lowest BCUT2D eigenvalue weighted by molar-refractivity contribution is 1.00. The molecule has 0 saturated heterocycles. The Hall–Kier alpha value is -0.600. The molecule has 2 heteroatoms. The molecule has 1 aromatic rings. The van der Waals surface area contributed by atoms with Crippen LogP contribution >= 0.6 is 11.3 Å². The lowest BCUT2D eigenvalue weighted by Gasteiger charge is -1.89. The summed E-state index contributed by atoms with van der Waals surface area (Å²) in [5, 5.41) is 4.30. The fourth-order valence-electron chi connectivity index (χ4n) is 0.899. The Morgan fingerprint density at radius 3 is 3.00 bits per heavy atom. The second-order valence-corrected chi connectivity index (χ2v) is 3.16. The van der Waals surface area contributed by atoms with Gasteiger partial charge in [-0.15, -0.1) is 0 Å². The normalized spacial score (nSPS) is 11.0. The van der Waals surface area contributed by atoms with Crippen LogP contribution in [0.3, 0.4) is 0 Å². The van der Waals surface area contributed by atoms with Gasteiger partial charge in [0, 0.05) is 6.54 Å². The van der Waals surface area contributed by atoms with Crippen molar-refractivity contribution >= 4 is 11.3 Å². The van der Waals surface area contributed by atoms with Crippen LogP contribution in [0.4, 0.5) is 0 Å². The predicted octanol–water partition coefficient (Wildman–Crippen LogP) is 2.20. The van der Waals surface area contributed by atoms with Gasteiger partial charge in [-0.3, -0.25) is 0 Å². The lowest BCUT2D eigenvalue weighted by atomic mass is 10.2. The van der Waals surface area contributed by atoms with E-state index >= 15 is 0 Å². The molecule has 0 amide bonds. The SMILES string of the molecule is NC/C=C/CCc1ccsc1. The molecule has 1 nitrogen and oxygen atoms in total. The topological polar surface area (TPSA) is 26.0 Å². The monoisotopic (exact) mass is 167 g/mol. The summed E-state index contributed by atoms with van der Waals surface area (Å²) in [5.41, 5.74) is 6.73. The van der Waals surface area contributed by atoms with Gasteiger partial charge < -0.3 is 5.73 Å². The van der Waals surface area contributed by atoms with Gasteiger partial charge in [-0.05, 0) is 35.2 Å². The Labute approximate surface area is 71.5 Å². The van der Waals surface area contributed by atoms with Crippen LogP contribution in [-0.2, 0) is 6.42 Å². The van der Waals surface area contributed by atoms with Crippen LogP contribution in [0.5, 0.6) is 0 Å². The van der Waals surface area contributed by atoms with E-state index in [1.807, 2.05) is 6.08 Å². The number of thiophene rings is 1. The maximum atomic E-state index is 5.30. The van der Waals surface area contributed by atoms with Crippen LogP contribution in [0, 0.1) is 0 Å². The average molecular weight is 167 g/mol. The number of nitrogens with two attached hydrogens (primary N) is 1. The van der Waals surface area contributed by atoms with Crippen LogP contribution in [-0.4, -0.2) is 6.54 Å². The average Bonchev–Trinajstić information content (AvgIpc) is 2.50. The Kier molecular flexibility index (Phi) is 3.94. The van der Waals surface area contributed by atoms with Crippen molar-refractivity contribution in [2.24, 2.45) is 5.73 Å². The maximum absolute atomic E-state index is 5.30. The molecule has 0 unspecified atom stereocenters. The van der Waals surface area contributed by atoms with E-state index in [4.69, 9.17) is 5.73 Å². The van der Waals surface area contributed by atoms with E-state index in [0.29, 0.717) is 6.54 Å². The van der Waals surface area contributed by atoms with Gasteiger partial charge in [-0.1, -0.05) is 12.2 Å². The zero-order valence-corrected chi connectivity index (χ0v) is 7.31. The Morgan fingerprint density at radius 2 is 2.36 bits per heavy atom. The fraction of sp³-hybridized carbons (Fsp3) is 0.333. The first-order chi connectivity index (χ1) is 5.43. The summed E-state index contributed by atoms with van der Waals surface area (Å²) in [4.78, 5) is 0.